The smallest absolute Gasteiger partial charge is 0.423 e. The molecular formula is C56H52BCl3O2. The van der Waals surface area contributed by atoms with E-state index in [-0.39, 0.29) is 10.8 Å². The Kier molecular flexibility index (Phi) is 9.70. The largest absolute Gasteiger partial charge is 0.488 e. The van der Waals surface area contributed by atoms with E-state index in [1.165, 1.54) is 97.6 Å². The number of fused-ring (bicyclic) bond motifs is 6. The van der Waals surface area contributed by atoms with Gasteiger partial charge in [-0.2, -0.15) is 0 Å². The van der Waals surface area contributed by atoms with E-state index >= 15 is 0 Å². The topological polar surface area (TPSA) is 40.5 Å². The van der Waals surface area contributed by atoms with Gasteiger partial charge in [0.1, 0.15) is 0 Å². The summed E-state index contributed by atoms with van der Waals surface area (Å²) in [7, 11) is -1.41. The zero-order valence-electron chi connectivity index (χ0n) is 35.0. The summed E-state index contributed by atoms with van der Waals surface area (Å²) in [6.07, 6.45) is 14.5. The summed E-state index contributed by atoms with van der Waals surface area (Å²) in [5.74, 6) is 7.28. The molecule has 312 valence electrons. The monoisotopic (exact) mass is 872 g/mol. The number of hydrogen-bond acceptors (Lipinski definition) is 2. The molecule has 2 N–H and O–H groups in total. The molecule has 0 amide bonds. The van der Waals surface area contributed by atoms with Crippen molar-refractivity contribution in [2.45, 2.75) is 75.0 Å². The first kappa shape index (κ1) is 39.7. The molecule has 16 rings (SSSR count). The van der Waals surface area contributed by atoms with Gasteiger partial charge in [-0.3, -0.25) is 0 Å². The third kappa shape index (κ3) is 6.05. The molecule has 6 aromatic carbocycles. The summed E-state index contributed by atoms with van der Waals surface area (Å²) in [6, 6.07) is 47.1. The molecule has 6 aromatic rings. The van der Waals surface area contributed by atoms with Crippen LogP contribution in [0.15, 0.2) is 133 Å². The first-order valence-corrected chi connectivity index (χ1v) is 24.3. The van der Waals surface area contributed by atoms with Crippen LogP contribution in [0.2, 0.25) is 15.1 Å². The second-order valence-corrected chi connectivity index (χ2v) is 21.6. The molecule has 2 nitrogen and oxygen atoms in total. The van der Waals surface area contributed by atoms with Crippen molar-refractivity contribution < 1.29 is 10.0 Å². The summed E-state index contributed by atoms with van der Waals surface area (Å²) in [6.45, 7) is 0. The Hall–Kier alpha value is -3.83. The molecule has 62 heavy (non-hydrogen) atoms. The highest BCUT2D eigenvalue weighted by Crippen LogP contribution is 2.71. The molecule has 0 atom stereocenters. The third-order valence-electron chi connectivity index (χ3n) is 17.4. The fourth-order valence-electron chi connectivity index (χ4n) is 15.7. The van der Waals surface area contributed by atoms with Gasteiger partial charge in [-0.15, -0.1) is 0 Å². The highest BCUT2D eigenvalue weighted by Gasteiger charge is 2.63. The van der Waals surface area contributed by atoms with E-state index in [0.29, 0.717) is 10.5 Å². The Morgan fingerprint density at radius 2 is 0.742 bits per heavy atom. The predicted octanol–water partition coefficient (Wildman–Crippen LogP) is 13.8. The van der Waals surface area contributed by atoms with Crippen molar-refractivity contribution in [3.63, 3.8) is 0 Å². The van der Waals surface area contributed by atoms with Crippen molar-refractivity contribution in [3.05, 3.63) is 171 Å². The first-order chi connectivity index (χ1) is 30.2. The lowest BCUT2D eigenvalue weighted by Crippen LogP contribution is -2.55. The van der Waals surface area contributed by atoms with Gasteiger partial charge in [-0.05, 0) is 215 Å². The van der Waals surface area contributed by atoms with E-state index in [9.17, 15) is 0 Å². The molecule has 0 heterocycles. The average Bonchev–Trinajstić information content (AvgIpc) is 3.72. The molecule has 0 radical (unpaired) electrons. The van der Waals surface area contributed by atoms with Gasteiger partial charge in [-0.1, -0.05) is 126 Å². The zero-order chi connectivity index (χ0) is 41.9. The minimum Gasteiger partial charge on any atom is -0.423 e. The van der Waals surface area contributed by atoms with Crippen LogP contribution in [0.25, 0.3) is 33.4 Å². The van der Waals surface area contributed by atoms with Crippen molar-refractivity contribution in [2.24, 2.45) is 47.3 Å². The van der Waals surface area contributed by atoms with Gasteiger partial charge in [0.05, 0.1) is 0 Å². The second kappa shape index (κ2) is 15.1. The molecule has 10 aliphatic rings. The van der Waals surface area contributed by atoms with Crippen LogP contribution in [0.1, 0.15) is 86.5 Å². The Morgan fingerprint density at radius 3 is 1.21 bits per heavy atom. The highest BCUT2D eigenvalue weighted by atomic mass is 35.5. The maximum Gasteiger partial charge on any atom is 0.488 e. The van der Waals surface area contributed by atoms with Gasteiger partial charge < -0.3 is 10.0 Å². The number of hydrogen-bond donors (Lipinski definition) is 2. The molecule has 0 saturated heterocycles. The van der Waals surface area contributed by atoms with Crippen LogP contribution in [0, 0.1) is 47.3 Å². The van der Waals surface area contributed by atoms with Crippen molar-refractivity contribution in [1.82, 2.24) is 0 Å². The van der Waals surface area contributed by atoms with Crippen LogP contribution in [0.3, 0.4) is 0 Å². The molecule has 10 aliphatic carbocycles. The SMILES string of the molecule is Clc1ccc(-c2ccc3c(c2)C2(c4ccccc4-3)C3CC4CC(C3)CC2C4)cc1.Clc1ccc2c(c1)C1(c3ccccc3-2)C2CC3CC(C2)CC1C3.OB(O)c1ccc(Cl)cc1. The molecule has 8 bridgehead atoms. The van der Waals surface area contributed by atoms with Crippen LogP contribution >= 0.6 is 34.8 Å². The van der Waals surface area contributed by atoms with E-state index < -0.39 is 7.12 Å². The number of rotatable bonds is 2. The minimum absolute atomic E-state index is 0.252. The van der Waals surface area contributed by atoms with Crippen LogP contribution < -0.4 is 5.46 Å². The summed E-state index contributed by atoms with van der Waals surface area (Å²) in [5, 5.41) is 19.6. The third-order valence-corrected chi connectivity index (χ3v) is 18.2. The predicted molar refractivity (Wildman–Crippen MR) is 256 cm³/mol. The first-order valence-electron chi connectivity index (χ1n) is 23.2. The molecule has 6 heteroatoms. The molecule has 8 saturated carbocycles. The fraction of sp³-hybridized carbons (Fsp3) is 0.357. The average molecular weight is 874 g/mol. The van der Waals surface area contributed by atoms with Crippen LogP contribution in [0.5, 0.6) is 0 Å². The lowest BCUT2D eigenvalue weighted by Gasteiger charge is -2.61. The van der Waals surface area contributed by atoms with Gasteiger partial charge in [0.2, 0.25) is 0 Å². The Morgan fingerprint density at radius 1 is 0.371 bits per heavy atom. The Balaban J connectivity index is 0.000000111. The van der Waals surface area contributed by atoms with E-state index in [1.807, 2.05) is 12.1 Å². The molecular weight excluding hydrogens is 822 g/mol. The Labute approximate surface area is 381 Å². The summed E-state index contributed by atoms with van der Waals surface area (Å²) in [4.78, 5) is 0. The normalized spacial score (nSPS) is 31.4. The molecule has 2 spiro atoms. The molecule has 0 aromatic heterocycles. The van der Waals surface area contributed by atoms with Crippen molar-refractivity contribution in [3.8, 4) is 33.4 Å². The van der Waals surface area contributed by atoms with Crippen molar-refractivity contribution >= 4 is 47.4 Å². The summed E-state index contributed by atoms with van der Waals surface area (Å²) in [5.41, 5.74) is 15.9. The van der Waals surface area contributed by atoms with Gasteiger partial charge in [-0.25, -0.2) is 0 Å². The van der Waals surface area contributed by atoms with Gasteiger partial charge in [0, 0.05) is 25.9 Å². The van der Waals surface area contributed by atoms with E-state index in [1.54, 1.807) is 46.5 Å². The Bertz CT molecular complexity index is 2630. The van der Waals surface area contributed by atoms with Crippen LogP contribution in [-0.4, -0.2) is 17.2 Å². The molecule has 0 aliphatic heterocycles. The number of benzene rings is 6. The van der Waals surface area contributed by atoms with Crippen LogP contribution in [-0.2, 0) is 10.8 Å². The lowest BCUT2D eigenvalue weighted by atomic mass is 9.43. The quantitative estimate of drug-likeness (QED) is 0.170. The van der Waals surface area contributed by atoms with E-state index in [0.717, 1.165) is 57.4 Å². The molecule has 8 fully saturated rings. The standard InChI is InChI=1S/C28H25Cl.C22H21Cl.C6H6BClO2/c29-23-8-5-19(6-9-23)20-7-10-25-24-3-1-2-4-26(24)28(27(25)16-20)21-12-17-11-18(14-21)15-22(28)13-17;23-17-5-6-19-18-3-1-2-4-20(18)22(21(19)12-17)15-8-13-7-14(10-15)11-16(22)9-13;8-6-3-1-5(2-4-6)7(9)10/h1-10,16-18,21-22H,11-15H2;1-6,12-16H,7-11H2;1-4,9-10H. The van der Waals surface area contributed by atoms with E-state index in [4.69, 9.17) is 44.9 Å². The van der Waals surface area contributed by atoms with E-state index in [2.05, 4.69) is 97.1 Å². The van der Waals surface area contributed by atoms with Gasteiger partial charge in [0.15, 0.2) is 0 Å². The maximum absolute atomic E-state index is 8.63. The lowest BCUT2D eigenvalue weighted by molar-refractivity contribution is -0.0399. The fourth-order valence-corrected chi connectivity index (χ4v) is 16.2. The highest BCUT2D eigenvalue weighted by molar-refractivity contribution is 6.58. The summed E-state index contributed by atoms with van der Waals surface area (Å²) < 4.78 is 0. The molecule has 0 unspecified atom stereocenters. The minimum atomic E-state index is -1.41. The number of halogens is 3. The van der Waals surface area contributed by atoms with Gasteiger partial charge >= 0.3 is 7.12 Å². The second-order valence-electron chi connectivity index (χ2n) is 20.3. The van der Waals surface area contributed by atoms with Crippen molar-refractivity contribution in [2.75, 3.05) is 0 Å². The maximum atomic E-state index is 8.63. The van der Waals surface area contributed by atoms with Crippen LogP contribution in [0.4, 0.5) is 0 Å². The summed E-state index contributed by atoms with van der Waals surface area (Å²) >= 11 is 18.2. The van der Waals surface area contributed by atoms with Gasteiger partial charge in [0.25, 0.3) is 0 Å². The zero-order valence-corrected chi connectivity index (χ0v) is 37.3. The van der Waals surface area contributed by atoms with Crippen molar-refractivity contribution in [1.29, 1.82) is 0 Å².